The van der Waals surface area contributed by atoms with Crippen LogP contribution in [0.3, 0.4) is 0 Å². The number of allylic oxidation sites excluding steroid dienone is 1. The maximum atomic E-state index is 5.89. The summed E-state index contributed by atoms with van der Waals surface area (Å²) in [4.78, 5) is 4.34. The van der Waals surface area contributed by atoms with Crippen LogP contribution in [0.2, 0.25) is 5.02 Å². The normalized spacial score (nSPS) is 10.0. The lowest BCUT2D eigenvalue weighted by Gasteiger charge is -2.13. The number of anilines is 1. The molecule has 0 radical (unpaired) electrons. The summed E-state index contributed by atoms with van der Waals surface area (Å²) < 4.78 is 0. The van der Waals surface area contributed by atoms with Crippen molar-refractivity contribution >= 4 is 22.9 Å². The first-order valence-electron chi connectivity index (χ1n) is 6.92. The van der Waals surface area contributed by atoms with Gasteiger partial charge < -0.3 is 5.32 Å². The van der Waals surface area contributed by atoms with Crippen LogP contribution in [0, 0.1) is 6.92 Å². The maximum absolute atomic E-state index is 5.89. The zero-order chi connectivity index (χ0) is 15.2. The standard InChI is InChI=1S/C18H19ClN2/c1-4-13(2)18-14(3)20-12-10-17(18)21-11-9-15-5-7-16(19)8-6-15/h5-8,10,12H,1,9,11H2,2-3H3,(H,20,21). The first-order valence-corrected chi connectivity index (χ1v) is 7.30. The van der Waals surface area contributed by atoms with E-state index in [1.807, 2.05) is 38.2 Å². The Labute approximate surface area is 131 Å². The fourth-order valence-corrected chi connectivity index (χ4v) is 2.39. The number of hydrogen-bond acceptors (Lipinski definition) is 2. The van der Waals surface area contributed by atoms with Crippen LogP contribution in [-0.4, -0.2) is 11.5 Å². The minimum absolute atomic E-state index is 0.769. The lowest BCUT2D eigenvalue weighted by molar-refractivity contribution is 1.01. The Morgan fingerprint density at radius 2 is 2.00 bits per heavy atom. The van der Waals surface area contributed by atoms with Crippen LogP contribution >= 0.6 is 11.6 Å². The average molecular weight is 299 g/mol. The molecule has 0 saturated carbocycles. The number of aryl methyl sites for hydroxylation is 1. The van der Waals surface area contributed by atoms with E-state index in [9.17, 15) is 0 Å². The molecule has 1 aromatic heterocycles. The van der Waals surface area contributed by atoms with Gasteiger partial charge >= 0.3 is 0 Å². The molecule has 0 aliphatic heterocycles. The van der Waals surface area contributed by atoms with Gasteiger partial charge in [-0.3, -0.25) is 4.98 Å². The summed E-state index contributed by atoms with van der Waals surface area (Å²) in [7, 11) is 0. The highest BCUT2D eigenvalue weighted by molar-refractivity contribution is 6.30. The number of halogens is 1. The third-order valence-electron chi connectivity index (χ3n) is 3.42. The SMILES string of the molecule is C=C=C(C)c1c(NCCc2ccc(Cl)cc2)ccnc1C. The predicted octanol–water partition coefficient (Wildman–Crippen LogP) is 4.89. The molecule has 2 nitrogen and oxygen atoms in total. The number of rotatable bonds is 5. The number of nitrogens with zero attached hydrogens (tertiary/aromatic N) is 1. The highest BCUT2D eigenvalue weighted by Crippen LogP contribution is 2.25. The minimum Gasteiger partial charge on any atom is -0.384 e. The van der Waals surface area contributed by atoms with Crippen LogP contribution in [-0.2, 0) is 6.42 Å². The number of benzene rings is 1. The van der Waals surface area contributed by atoms with Gasteiger partial charge in [0.05, 0.1) is 0 Å². The van der Waals surface area contributed by atoms with E-state index in [1.165, 1.54) is 5.56 Å². The number of pyridine rings is 1. The van der Waals surface area contributed by atoms with Gasteiger partial charge in [-0.1, -0.05) is 30.3 Å². The second-order valence-electron chi connectivity index (χ2n) is 4.92. The molecule has 0 fully saturated rings. The van der Waals surface area contributed by atoms with Gasteiger partial charge in [-0.25, -0.2) is 0 Å². The van der Waals surface area contributed by atoms with Crippen molar-refractivity contribution in [1.29, 1.82) is 0 Å². The zero-order valence-corrected chi connectivity index (χ0v) is 13.2. The average Bonchev–Trinajstić information content (AvgIpc) is 2.49. The van der Waals surface area contributed by atoms with E-state index in [0.29, 0.717) is 0 Å². The predicted molar refractivity (Wildman–Crippen MR) is 90.8 cm³/mol. The fourth-order valence-electron chi connectivity index (χ4n) is 2.27. The van der Waals surface area contributed by atoms with E-state index in [4.69, 9.17) is 11.6 Å². The number of nitrogens with one attached hydrogen (secondary N) is 1. The Morgan fingerprint density at radius 1 is 1.29 bits per heavy atom. The lowest BCUT2D eigenvalue weighted by Crippen LogP contribution is -2.07. The molecule has 21 heavy (non-hydrogen) atoms. The van der Waals surface area contributed by atoms with Crippen LogP contribution in [0.5, 0.6) is 0 Å². The van der Waals surface area contributed by atoms with E-state index in [2.05, 4.69) is 34.7 Å². The lowest BCUT2D eigenvalue weighted by atomic mass is 10.0. The first-order chi connectivity index (χ1) is 10.1. The van der Waals surface area contributed by atoms with Gasteiger partial charge in [-0.05, 0) is 44.0 Å². The van der Waals surface area contributed by atoms with Crippen molar-refractivity contribution in [3.8, 4) is 0 Å². The molecule has 0 aliphatic carbocycles. The highest BCUT2D eigenvalue weighted by Gasteiger charge is 2.07. The third-order valence-corrected chi connectivity index (χ3v) is 3.68. The molecular formula is C18H19ClN2. The van der Waals surface area contributed by atoms with E-state index in [0.717, 1.165) is 40.5 Å². The van der Waals surface area contributed by atoms with E-state index < -0.39 is 0 Å². The summed E-state index contributed by atoms with van der Waals surface area (Å²) >= 11 is 5.89. The molecule has 2 rings (SSSR count). The Bertz CT molecular complexity index is 668. The van der Waals surface area contributed by atoms with E-state index in [-0.39, 0.29) is 0 Å². The minimum atomic E-state index is 0.769. The molecule has 0 saturated heterocycles. The summed E-state index contributed by atoms with van der Waals surface area (Å²) in [5.41, 5.74) is 8.36. The molecule has 1 heterocycles. The number of hydrogen-bond donors (Lipinski definition) is 1. The summed E-state index contributed by atoms with van der Waals surface area (Å²) in [6, 6.07) is 9.94. The molecule has 0 spiro atoms. The monoisotopic (exact) mass is 298 g/mol. The topological polar surface area (TPSA) is 24.9 Å². The van der Waals surface area contributed by atoms with Gasteiger partial charge in [-0.2, -0.15) is 0 Å². The van der Waals surface area contributed by atoms with E-state index >= 15 is 0 Å². The van der Waals surface area contributed by atoms with Gasteiger partial charge in [0.15, 0.2) is 0 Å². The molecule has 3 heteroatoms. The Kier molecular flexibility index (Phi) is 5.21. The van der Waals surface area contributed by atoms with Crippen molar-refractivity contribution in [1.82, 2.24) is 4.98 Å². The summed E-state index contributed by atoms with van der Waals surface area (Å²) in [5.74, 6) is 0. The molecule has 0 atom stereocenters. The fraction of sp³-hybridized carbons (Fsp3) is 0.222. The summed E-state index contributed by atoms with van der Waals surface area (Å²) in [6.07, 6.45) is 2.76. The van der Waals surface area contributed by atoms with Crippen molar-refractivity contribution in [3.05, 3.63) is 70.7 Å². The smallest absolute Gasteiger partial charge is 0.0474 e. The van der Waals surface area contributed by atoms with Gasteiger partial charge in [0.2, 0.25) is 0 Å². The van der Waals surface area contributed by atoms with Crippen LogP contribution < -0.4 is 5.32 Å². The first kappa shape index (κ1) is 15.4. The molecule has 1 N–H and O–H groups in total. The second-order valence-corrected chi connectivity index (χ2v) is 5.36. The van der Waals surface area contributed by atoms with Crippen LogP contribution in [0.4, 0.5) is 5.69 Å². The molecule has 0 bridgehead atoms. The molecule has 0 amide bonds. The van der Waals surface area contributed by atoms with Crippen molar-refractivity contribution in [2.75, 3.05) is 11.9 Å². The Balaban J connectivity index is 2.08. The van der Waals surface area contributed by atoms with Crippen LogP contribution in [0.1, 0.15) is 23.7 Å². The molecule has 2 aromatic rings. The quantitative estimate of drug-likeness (QED) is 0.795. The second kappa shape index (κ2) is 7.12. The van der Waals surface area contributed by atoms with Crippen LogP contribution in [0.25, 0.3) is 5.57 Å². The van der Waals surface area contributed by atoms with Gasteiger partial charge in [0, 0.05) is 40.3 Å². The molecule has 1 aromatic carbocycles. The maximum Gasteiger partial charge on any atom is 0.0474 e. The van der Waals surface area contributed by atoms with Crippen molar-refractivity contribution < 1.29 is 0 Å². The Morgan fingerprint density at radius 3 is 2.67 bits per heavy atom. The third kappa shape index (κ3) is 3.98. The van der Waals surface area contributed by atoms with Crippen molar-refractivity contribution in [2.24, 2.45) is 0 Å². The summed E-state index contributed by atoms with van der Waals surface area (Å²) in [6.45, 7) is 8.58. The molecule has 108 valence electrons. The van der Waals surface area contributed by atoms with Crippen molar-refractivity contribution in [2.45, 2.75) is 20.3 Å². The molecular weight excluding hydrogens is 280 g/mol. The highest BCUT2D eigenvalue weighted by atomic mass is 35.5. The van der Waals surface area contributed by atoms with E-state index in [1.54, 1.807) is 0 Å². The molecule has 0 aliphatic rings. The van der Waals surface area contributed by atoms with Crippen molar-refractivity contribution in [3.63, 3.8) is 0 Å². The van der Waals surface area contributed by atoms with Crippen LogP contribution in [0.15, 0.2) is 48.8 Å². The number of aromatic nitrogens is 1. The zero-order valence-electron chi connectivity index (χ0n) is 12.4. The molecule has 0 unspecified atom stereocenters. The van der Waals surface area contributed by atoms with Gasteiger partial charge in [0.25, 0.3) is 0 Å². The summed E-state index contributed by atoms with van der Waals surface area (Å²) in [5, 5.41) is 4.24. The van der Waals surface area contributed by atoms with Gasteiger partial charge in [0.1, 0.15) is 0 Å². The van der Waals surface area contributed by atoms with Gasteiger partial charge in [-0.15, -0.1) is 5.73 Å². The largest absolute Gasteiger partial charge is 0.384 e. The Hall–Kier alpha value is -2.02.